The van der Waals surface area contributed by atoms with Gasteiger partial charge in [0.05, 0.1) is 13.2 Å². The van der Waals surface area contributed by atoms with Crippen molar-refractivity contribution in [3.63, 3.8) is 0 Å². The van der Waals surface area contributed by atoms with Gasteiger partial charge in [-0.1, -0.05) is 32.9 Å². The summed E-state index contributed by atoms with van der Waals surface area (Å²) in [6.07, 6.45) is 1.28. The van der Waals surface area contributed by atoms with E-state index in [-0.39, 0.29) is 24.4 Å². The number of thiazole rings is 1. The molecule has 0 bridgehead atoms. The summed E-state index contributed by atoms with van der Waals surface area (Å²) in [5, 5.41) is 1.89. The molecule has 0 saturated heterocycles. The predicted molar refractivity (Wildman–Crippen MR) is 107 cm³/mol. The Kier molecular flexibility index (Phi) is 5.12. The zero-order valence-corrected chi connectivity index (χ0v) is 17.2. The van der Waals surface area contributed by atoms with Crippen molar-refractivity contribution in [1.82, 2.24) is 14.9 Å². The van der Waals surface area contributed by atoms with E-state index < -0.39 is 11.5 Å². The van der Waals surface area contributed by atoms with Crippen molar-refractivity contribution in [2.75, 3.05) is 6.79 Å². The molecule has 4 rings (SSSR count). The molecule has 2 aromatic heterocycles. The summed E-state index contributed by atoms with van der Waals surface area (Å²) in [6, 6.07) is 5.60. The Bertz CT molecular complexity index is 1130. The maximum Gasteiger partial charge on any atom is 0.282 e. The molecule has 152 valence electrons. The second kappa shape index (κ2) is 7.58. The first kappa shape index (κ1) is 19.6. The molecule has 0 saturated carbocycles. The van der Waals surface area contributed by atoms with Gasteiger partial charge in [-0.3, -0.25) is 18.8 Å². The van der Waals surface area contributed by atoms with E-state index in [1.165, 1.54) is 21.9 Å². The van der Waals surface area contributed by atoms with Crippen molar-refractivity contribution in [2.24, 2.45) is 0 Å². The number of aromatic nitrogens is 2. The second-order valence-electron chi connectivity index (χ2n) is 7.74. The van der Waals surface area contributed by atoms with Gasteiger partial charge < -0.3 is 9.47 Å². The predicted octanol–water partition coefficient (Wildman–Crippen LogP) is 2.78. The minimum atomic E-state index is -0.634. The summed E-state index contributed by atoms with van der Waals surface area (Å²) in [7, 11) is 0. The number of hydroxylamine groups is 1. The second-order valence-corrected chi connectivity index (χ2v) is 8.58. The molecule has 9 heteroatoms. The largest absolute Gasteiger partial charge is 0.467 e. The smallest absolute Gasteiger partial charge is 0.282 e. The Morgan fingerprint density at radius 1 is 1.38 bits per heavy atom. The number of hydrogen-bond donors (Lipinski definition) is 1. The van der Waals surface area contributed by atoms with E-state index >= 15 is 0 Å². The summed E-state index contributed by atoms with van der Waals surface area (Å²) >= 11 is 1.37. The van der Waals surface area contributed by atoms with Crippen LogP contribution >= 0.6 is 11.3 Å². The third-order valence-electron chi connectivity index (χ3n) is 4.55. The van der Waals surface area contributed by atoms with E-state index in [1.807, 2.05) is 44.4 Å². The molecule has 1 amide bonds. The maximum absolute atomic E-state index is 12.9. The fourth-order valence-corrected chi connectivity index (χ4v) is 4.08. The van der Waals surface area contributed by atoms with Gasteiger partial charge in [-0.15, -0.1) is 11.3 Å². The van der Waals surface area contributed by atoms with Gasteiger partial charge in [0, 0.05) is 28.2 Å². The Labute approximate surface area is 171 Å². The lowest BCUT2D eigenvalue weighted by Crippen LogP contribution is -2.33. The molecule has 3 aromatic rings. The quantitative estimate of drug-likeness (QED) is 0.659. The summed E-state index contributed by atoms with van der Waals surface area (Å²) in [6.45, 7) is 6.87. The fraction of sp³-hybridized carbons (Fsp3) is 0.350. The average Bonchev–Trinajstić information content (AvgIpc) is 3.13. The molecule has 1 aliphatic heterocycles. The number of amides is 1. The molecule has 0 unspecified atom stereocenters. The molecule has 0 atom stereocenters. The van der Waals surface area contributed by atoms with Gasteiger partial charge in [-0.05, 0) is 11.6 Å². The van der Waals surface area contributed by atoms with Gasteiger partial charge in [0.1, 0.15) is 11.3 Å². The number of nitrogens with one attached hydrogen (secondary N) is 1. The van der Waals surface area contributed by atoms with Gasteiger partial charge >= 0.3 is 0 Å². The molecule has 8 nitrogen and oxygen atoms in total. The standard InChI is InChI=1S/C20H21N3O5S/c1-20(2,3)16-10-29-19-21-7-14(18(25)23(16)19)17(24)22-28-8-12-4-5-13-9-26-11-27-15(13)6-12/h4-7,10H,8-9,11H2,1-3H3,(H,22,24). The molecular weight excluding hydrogens is 394 g/mol. The number of carbonyl (C=O) groups excluding carboxylic acids is 1. The topological polar surface area (TPSA) is 91.2 Å². The van der Waals surface area contributed by atoms with E-state index in [1.54, 1.807) is 0 Å². The summed E-state index contributed by atoms with van der Waals surface area (Å²) in [4.78, 5) is 35.5. The Morgan fingerprint density at radius 3 is 3.00 bits per heavy atom. The van der Waals surface area contributed by atoms with Crippen LogP contribution in [0, 0.1) is 0 Å². The first-order valence-electron chi connectivity index (χ1n) is 9.09. The molecule has 0 radical (unpaired) electrons. The van der Waals surface area contributed by atoms with Crippen LogP contribution in [0.15, 0.2) is 34.6 Å². The number of carbonyl (C=O) groups is 1. The normalized spacial score (nSPS) is 13.8. The highest BCUT2D eigenvalue weighted by atomic mass is 32.1. The molecule has 1 N–H and O–H groups in total. The van der Waals surface area contributed by atoms with E-state index in [2.05, 4.69) is 10.5 Å². The highest BCUT2D eigenvalue weighted by Crippen LogP contribution is 2.26. The van der Waals surface area contributed by atoms with Gasteiger partial charge in [0.25, 0.3) is 11.5 Å². The molecule has 0 aliphatic carbocycles. The Morgan fingerprint density at radius 2 is 2.21 bits per heavy atom. The summed E-state index contributed by atoms with van der Waals surface area (Å²) in [5.41, 5.74) is 4.18. The van der Waals surface area contributed by atoms with Crippen LogP contribution in [0.25, 0.3) is 4.96 Å². The molecule has 1 aromatic carbocycles. The van der Waals surface area contributed by atoms with Crippen LogP contribution in [0.2, 0.25) is 0 Å². The van der Waals surface area contributed by atoms with Gasteiger partial charge in [-0.2, -0.15) is 0 Å². The lowest BCUT2D eigenvalue weighted by atomic mass is 9.93. The van der Waals surface area contributed by atoms with Gasteiger partial charge in [0.15, 0.2) is 11.8 Å². The lowest BCUT2D eigenvalue weighted by molar-refractivity contribution is -0.0167. The maximum atomic E-state index is 12.9. The first-order valence-corrected chi connectivity index (χ1v) is 9.97. The van der Waals surface area contributed by atoms with Crippen LogP contribution in [0.3, 0.4) is 0 Å². The number of benzene rings is 1. The van der Waals surface area contributed by atoms with Crippen molar-refractivity contribution in [3.05, 3.63) is 62.5 Å². The average molecular weight is 415 g/mol. The molecule has 3 heterocycles. The Hall–Kier alpha value is -2.75. The van der Waals surface area contributed by atoms with Gasteiger partial charge in [-0.25, -0.2) is 10.5 Å². The van der Waals surface area contributed by atoms with Crippen LogP contribution in [-0.4, -0.2) is 22.1 Å². The van der Waals surface area contributed by atoms with Crippen molar-refractivity contribution >= 4 is 22.2 Å². The minimum absolute atomic E-state index is 0.0719. The third-order valence-corrected chi connectivity index (χ3v) is 5.39. The summed E-state index contributed by atoms with van der Waals surface area (Å²) in [5.74, 6) is 0.106. The van der Waals surface area contributed by atoms with E-state index in [9.17, 15) is 9.59 Å². The molecule has 1 aliphatic rings. The molecule has 0 spiro atoms. The highest BCUT2D eigenvalue weighted by molar-refractivity contribution is 7.15. The van der Waals surface area contributed by atoms with Crippen molar-refractivity contribution in [2.45, 2.75) is 39.4 Å². The van der Waals surface area contributed by atoms with Crippen LogP contribution in [0.4, 0.5) is 0 Å². The third kappa shape index (κ3) is 3.89. The molecule has 0 fully saturated rings. The molecule has 29 heavy (non-hydrogen) atoms. The number of ether oxygens (including phenoxy) is 2. The van der Waals surface area contributed by atoms with Crippen LogP contribution < -0.4 is 15.8 Å². The van der Waals surface area contributed by atoms with Crippen molar-refractivity contribution < 1.29 is 19.1 Å². The monoisotopic (exact) mass is 415 g/mol. The fourth-order valence-electron chi connectivity index (χ4n) is 3.00. The number of rotatable bonds is 4. The Balaban J connectivity index is 1.48. The van der Waals surface area contributed by atoms with Crippen LogP contribution in [0.1, 0.15) is 48.0 Å². The van der Waals surface area contributed by atoms with E-state index in [0.29, 0.717) is 11.6 Å². The number of fused-ring (bicyclic) bond motifs is 2. The van der Waals surface area contributed by atoms with Crippen molar-refractivity contribution in [3.8, 4) is 5.75 Å². The van der Waals surface area contributed by atoms with Gasteiger partial charge in [0.2, 0.25) is 0 Å². The highest BCUT2D eigenvalue weighted by Gasteiger charge is 2.23. The molecular formula is C20H21N3O5S. The zero-order valence-electron chi connectivity index (χ0n) is 16.4. The number of nitrogens with zero attached hydrogens (tertiary/aromatic N) is 2. The van der Waals surface area contributed by atoms with E-state index in [4.69, 9.17) is 14.3 Å². The first-order chi connectivity index (χ1) is 13.8. The minimum Gasteiger partial charge on any atom is -0.467 e. The van der Waals surface area contributed by atoms with Crippen LogP contribution in [-0.2, 0) is 28.2 Å². The van der Waals surface area contributed by atoms with Crippen LogP contribution in [0.5, 0.6) is 5.75 Å². The zero-order chi connectivity index (χ0) is 20.6. The van der Waals surface area contributed by atoms with E-state index in [0.717, 1.165) is 22.6 Å². The lowest BCUT2D eigenvalue weighted by Gasteiger charge is -2.18. The van der Waals surface area contributed by atoms with Crippen molar-refractivity contribution in [1.29, 1.82) is 0 Å². The number of hydrogen-bond acceptors (Lipinski definition) is 7. The summed E-state index contributed by atoms with van der Waals surface area (Å²) < 4.78 is 12.1. The SMILES string of the molecule is CC(C)(C)c1csc2ncc(C(=O)NOCc3ccc4c(c3)OCOC4)c(=O)n12.